The zero-order valence-corrected chi connectivity index (χ0v) is 14.9. The molecular formula is C20H21F5O2. The third-order valence-corrected chi connectivity index (χ3v) is 4.01. The molecule has 0 radical (unpaired) electrons. The van der Waals surface area contributed by atoms with E-state index >= 15 is 0 Å². The van der Waals surface area contributed by atoms with E-state index in [1.54, 1.807) is 18.2 Å². The molecule has 0 aromatic heterocycles. The van der Waals surface area contributed by atoms with Crippen LogP contribution in [-0.4, -0.2) is 19.6 Å². The molecule has 27 heavy (non-hydrogen) atoms. The van der Waals surface area contributed by atoms with Gasteiger partial charge in [0.25, 0.3) is 0 Å². The quantitative estimate of drug-likeness (QED) is 0.478. The van der Waals surface area contributed by atoms with Crippen LogP contribution in [0.1, 0.15) is 30.0 Å². The number of rotatable bonds is 10. The molecular weight excluding hydrogens is 367 g/mol. The highest BCUT2D eigenvalue weighted by Crippen LogP contribution is 2.25. The van der Waals surface area contributed by atoms with E-state index < -0.39 is 25.3 Å². The van der Waals surface area contributed by atoms with Crippen molar-refractivity contribution in [3.8, 4) is 11.5 Å². The standard InChI is InChI=1S/C20H21F5O2/c1-2-15-11-13(6-8-17(15)27-20(24)25)3-4-14-5-7-16(21)18(12-14)26-10-9-19(22)23/h5-8,11-12,19-20H,2-4,9-10H2,1H3. The van der Waals surface area contributed by atoms with Crippen LogP contribution in [0.2, 0.25) is 0 Å². The Morgan fingerprint density at radius 1 is 0.889 bits per heavy atom. The maximum atomic E-state index is 13.7. The van der Waals surface area contributed by atoms with E-state index in [1.165, 1.54) is 18.2 Å². The number of benzene rings is 2. The van der Waals surface area contributed by atoms with Gasteiger partial charge in [-0.25, -0.2) is 13.2 Å². The van der Waals surface area contributed by atoms with Crippen molar-refractivity contribution in [2.24, 2.45) is 0 Å². The highest BCUT2D eigenvalue weighted by molar-refractivity contribution is 5.38. The summed E-state index contributed by atoms with van der Waals surface area (Å²) in [5.74, 6) is -0.495. The molecule has 0 aliphatic rings. The van der Waals surface area contributed by atoms with E-state index in [0.29, 0.717) is 24.8 Å². The third kappa shape index (κ3) is 6.73. The van der Waals surface area contributed by atoms with Gasteiger partial charge in [0, 0.05) is 6.42 Å². The molecule has 0 unspecified atom stereocenters. The highest BCUT2D eigenvalue weighted by Gasteiger charge is 2.11. The molecule has 2 aromatic rings. The molecule has 0 fully saturated rings. The van der Waals surface area contributed by atoms with Crippen LogP contribution in [0.4, 0.5) is 22.0 Å². The molecule has 0 amide bonds. The first-order valence-corrected chi connectivity index (χ1v) is 8.65. The lowest BCUT2D eigenvalue weighted by Crippen LogP contribution is -2.05. The van der Waals surface area contributed by atoms with E-state index in [0.717, 1.165) is 11.1 Å². The maximum Gasteiger partial charge on any atom is 0.387 e. The van der Waals surface area contributed by atoms with Crippen molar-refractivity contribution < 1.29 is 31.4 Å². The fourth-order valence-electron chi connectivity index (χ4n) is 2.64. The number of halogens is 5. The summed E-state index contributed by atoms with van der Waals surface area (Å²) in [6, 6.07) is 9.37. The molecule has 0 atom stereocenters. The Balaban J connectivity index is 2.01. The normalized spacial score (nSPS) is 11.3. The Morgan fingerprint density at radius 2 is 1.56 bits per heavy atom. The second-order valence-corrected chi connectivity index (χ2v) is 5.97. The molecule has 0 N–H and O–H groups in total. The van der Waals surface area contributed by atoms with Crippen LogP contribution >= 0.6 is 0 Å². The summed E-state index contributed by atoms with van der Waals surface area (Å²) < 4.78 is 72.4. The van der Waals surface area contributed by atoms with Crippen molar-refractivity contribution in [2.45, 2.75) is 45.6 Å². The van der Waals surface area contributed by atoms with E-state index in [2.05, 4.69) is 4.74 Å². The molecule has 148 valence electrons. The summed E-state index contributed by atoms with van der Waals surface area (Å²) >= 11 is 0. The number of hydrogen-bond acceptors (Lipinski definition) is 2. The van der Waals surface area contributed by atoms with Crippen molar-refractivity contribution in [1.82, 2.24) is 0 Å². The smallest absolute Gasteiger partial charge is 0.387 e. The van der Waals surface area contributed by atoms with Crippen molar-refractivity contribution in [3.05, 3.63) is 58.9 Å². The van der Waals surface area contributed by atoms with Gasteiger partial charge in [0.1, 0.15) is 5.75 Å². The zero-order chi connectivity index (χ0) is 19.8. The SMILES string of the molecule is CCc1cc(CCc2ccc(F)c(OCCC(F)F)c2)ccc1OC(F)F. The lowest BCUT2D eigenvalue weighted by atomic mass is 10.0. The van der Waals surface area contributed by atoms with Gasteiger partial charge < -0.3 is 9.47 Å². The van der Waals surface area contributed by atoms with E-state index in [-0.39, 0.29) is 18.1 Å². The fraction of sp³-hybridized carbons (Fsp3) is 0.400. The zero-order valence-electron chi connectivity index (χ0n) is 14.9. The van der Waals surface area contributed by atoms with Crippen LogP contribution in [0, 0.1) is 5.82 Å². The van der Waals surface area contributed by atoms with Gasteiger partial charge in [-0.05, 0) is 54.2 Å². The summed E-state index contributed by atoms with van der Waals surface area (Å²) in [7, 11) is 0. The maximum absolute atomic E-state index is 13.7. The topological polar surface area (TPSA) is 18.5 Å². The number of aryl methyl sites for hydroxylation is 3. The minimum absolute atomic E-state index is 0.0527. The molecule has 2 nitrogen and oxygen atoms in total. The summed E-state index contributed by atoms with van der Waals surface area (Å²) in [5, 5.41) is 0. The van der Waals surface area contributed by atoms with E-state index in [4.69, 9.17) is 4.74 Å². The average molecular weight is 388 g/mol. The summed E-state index contributed by atoms with van der Waals surface area (Å²) in [6.07, 6.45) is -1.25. The first kappa shape index (κ1) is 21.0. The van der Waals surface area contributed by atoms with Gasteiger partial charge in [-0.2, -0.15) is 8.78 Å². The molecule has 0 aliphatic heterocycles. The minimum Gasteiger partial charge on any atom is -0.490 e. The minimum atomic E-state index is -2.87. The first-order valence-electron chi connectivity index (χ1n) is 8.65. The first-order chi connectivity index (χ1) is 12.9. The van der Waals surface area contributed by atoms with Crippen LogP contribution in [0.15, 0.2) is 36.4 Å². The predicted molar refractivity (Wildman–Crippen MR) is 92.4 cm³/mol. The van der Waals surface area contributed by atoms with E-state index in [1.807, 2.05) is 6.92 Å². The lowest BCUT2D eigenvalue weighted by molar-refractivity contribution is -0.0504. The second-order valence-electron chi connectivity index (χ2n) is 5.97. The van der Waals surface area contributed by atoms with Crippen LogP contribution < -0.4 is 9.47 Å². The fourth-order valence-corrected chi connectivity index (χ4v) is 2.64. The van der Waals surface area contributed by atoms with Gasteiger partial charge in [0.15, 0.2) is 11.6 Å². The second kappa shape index (κ2) is 10.1. The van der Waals surface area contributed by atoms with Gasteiger partial charge in [-0.3, -0.25) is 0 Å². The lowest BCUT2D eigenvalue weighted by Gasteiger charge is -2.12. The van der Waals surface area contributed by atoms with Crippen LogP contribution in [0.3, 0.4) is 0 Å². The number of hydrogen-bond donors (Lipinski definition) is 0. The molecule has 0 bridgehead atoms. The summed E-state index contributed by atoms with van der Waals surface area (Å²) in [5.41, 5.74) is 2.40. The summed E-state index contributed by atoms with van der Waals surface area (Å²) in [4.78, 5) is 0. The Hall–Kier alpha value is -2.31. The largest absolute Gasteiger partial charge is 0.490 e. The number of alkyl halides is 4. The van der Waals surface area contributed by atoms with Crippen LogP contribution in [0.5, 0.6) is 11.5 Å². The average Bonchev–Trinajstić information content (AvgIpc) is 2.62. The highest BCUT2D eigenvalue weighted by atomic mass is 19.3. The van der Waals surface area contributed by atoms with Gasteiger partial charge in [0.05, 0.1) is 6.61 Å². The van der Waals surface area contributed by atoms with Gasteiger partial charge in [-0.1, -0.05) is 25.1 Å². The van der Waals surface area contributed by atoms with Crippen molar-refractivity contribution in [2.75, 3.05) is 6.61 Å². The predicted octanol–water partition coefficient (Wildman–Crippen LogP) is 5.81. The molecule has 0 saturated heterocycles. The van der Waals surface area contributed by atoms with Crippen molar-refractivity contribution in [1.29, 1.82) is 0 Å². The molecule has 0 saturated carbocycles. The van der Waals surface area contributed by atoms with Crippen LogP contribution in [-0.2, 0) is 19.3 Å². The number of ether oxygens (including phenoxy) is 2. The molecule has 0 spiro atoms. The van der Waals surface area contributed by atoms with Gasteiger partial charge in [-0.15, -0.1) is 0 Å². The Morgan fingerprint density at radius 3 is 2.19 bits per heavy atom. The van der Waals surface area contributed by atoms with Crippen molar-refractivity contribution >= 4 is 0 Å². The molecule has 7 heteroatoms. The Bertz CT molecular complexity index is 734. The molecule has 2 aromatic carbocycles. The van der Waals surface area contributed by atoms with Crippen molar-refractivity contribution in [3.63, 3.8) is 0 Å². The molecule has 0 heterocycles. The Labute approximate surface area is 154 Å². The Kier molecular flexibility index (Phi) is 7.88. The molecule has 0 aliphatic carbocycles. The monoisotopic (exact) mass is 388 g/mol. The third-order valence-electron chi connectivity index (χ3n) is 4.01. The van der Waals surface area contributed by atoms with Crippen LogP contribution in [0.25, 0.3) is 0 Å². The summed E-state index contributed by atoms with van der Waals surface area (Å²) in [6.45, 7) is -1.28. The van der Waals surface area contributed by atoms with E-state index in [9.17, 15) is 22.0 Å². The molecule has 2 rings (SSSR count). The van der Waals surface area contributed by atoms with Gasteiger partial charge in [0.2, 0.25) is 6.43 Å². The van der Waals surface area contributed by atoms with Gasteiger partial charge >= 0.3 is 6.61 Å².